The van der Waals surface area contributed by atoms with E-state index in [9.17, 15) is 0 Å². The summed E-state index contributed by atoms with van der Waals surface area (Å²) >= 11 is 0. The van der Waals surface area contributed by atoms with E-state index in [1.165, 1.54) is 0 Å². The van der Waals surface area contributed by atoms with E-state index in [0.29, 0.717) is 22.8 Å². The topological polar surface area (TPSA) is 89.9 Å². The normalized spacial score (nSPS) is 11.0. The quantitative estimate of drug-likeness (QED) is 0.487. The van der Waals surface area contributed by atoms with Crippen LogP contribution in [0.3, 0.4) is 0 Å². The maximum Gasteiger partial charge on any atom is 0.123 e. The van der Waals surface area contributed by atoms with Gasteiger partial charge in [-0.15, -0.1) is 0 Å². The molecule has 2 rings (SSSR count). The fourth-order valence-electron chi connectivity index (χ4n) is 2.12. The highest BCUT2D eigenvalue weighted by atomic mass is 16.5. The van der Waals surface area contributed by atoms with Crippen molar-refractivity contribution in [2.75, 3.05) is 21.3 Å². The molecule has 2 aromatic rings. The summed E-state index contributed by atoms with van der Waals surface area (Å²) in [5, 5.41) is 12.2. The van der Waals surface area contributed by atoms with Gasteiger partial charge in [0, 0.05) is 17.2 Å². The third-order valence-electron chi connectivity index (χ3n) is 3.37. The van der Waals surface area contributed by atoms with Crippen LogP contribution in [0.15, 0.2) is 47.6 Å². The van der Waals surface area contributed by atoms with E-state index < -0.39 is 0 Å². The molecule has 0 aliphatic rings. The molecule has 2 aromatic carbocycles. The van der Waals surface area contributed by atoms with Crippen molar-refractivity contribution in [1.82, 2.24) is 0 Å². The van der Waals surface area contributed by atoms with Gasteiger partial charge in [0.15, 0.2) is 0 Å². The fourth-order valence-corrected chi connectivity index (χ4v) is 2.12. The van der Waals surface area contributed by atoms with Crippen LogP contribution in [-0.2, 0) is 0 Å². The lowest BCUT2D eigenvalue weighted by Crippen LogP contribution is -2.18. The second-order valence-corrected chi connectivity index (χ2v) is 4.68. The second kappa shape index (κ2) is 7.31. The zero-order valence-corrected chi connectivity index (χ0v) is 13.3. The summed E-state index contributed by atoms with van der Waals surface area (Å²) in [7, 11) is 4.71. The summed E-state index contributed by atoms with van der Waals surface area (Å²) in [6.45, 7) is 0. The van der Waals surface area contributed by atoms with Crippen LogP contribution in [0.2, 0.25) is 0 Å². The number of nitrogens with one attached hydrogen (secondary N) is 1. The van der Waals surface area contributed by atoms with Crippen molar-refractivity contribution in [3.05, 3.63) is 53.6 Å². The van der Waals surface area contributed by atoms with Crippen LogP contribution in [0.4, 0.5) is 0 Å². The minimum Gasteiger partial charge on any atom is -0.497 e. The number of benzene rings is 2. The predicted molar refractivity (Wildman–Crippen MR) is 90.1 cm³/mol. The lowest BCUT2D eigenvalue weighted by atomic mass is 9.99. The van der Waals surface area contributed by atoms with E-state index in [1.54, 1.807) is 63.8 Å². The Balaban J connectivity index is 2.40. The summed E-state index contributed by atoms with van der Waals surface area (Å²) in [4.78, 5) is 0. The molecule has 0 aliphatic heterocycles. The summed E-state index contributed by atoms with van der Waals surface area (Å²) < 4.78 is 15.6. The van der Waals surface area contributed by atoms with E-state index in [4.69, 9.17) is 25.5 Å². The van der Waals surface area contributed by atoms with Gasteiger partial charge < -0.3 is 20.1 Å². The lowest BCUT2D eigenvalue weighted by Gasteiger charge is -2.11. The second-order valence-electron chi connectivity index (χ2n) is 4.68. The molecule has 0 aliphatic carbocycles. The Labute approximate surface area is 135 Å². The van der Waals surface area contributed by atoms with Gasteiger partial charge in [-0.2, -0.15) is 5.10 Å². The van der Waals surface area contributed by atoms with E-state index in [2.05, 4.69) is 5.10 Å². The highest BCUT2D eigenvalue weighted by Gasteiger charge is 2.15. The minimum absolute atomic E-state index is 0.176. The molecule has 0 heterocycles. The van der Waals surface area contributed by atoms with Crippen LogP contribution >= 0.6 is 0 Å². The third kappa shape index (κ3) is 3.60. The van der Waals surface area contributed by atoms with Gasteiger partial charge in [-0.1, -0.05) is 0 Å². The number of hydrogen-bond acceptors (Lipinski definition) is 6. The van der Waals surface area contributed by atoms with E-state index >= 15 is 0 Å². The zero-order chi connectivity index (χ0) is 16.8. The van der Waals surface area contributed by atoms with Gasteiger partial charge >= 0.3 is 0 Å². The van der Waals surface area contributed by atoms with Crippen LogP contribution in [0, 0.1) is 5.41 Å². The van der Waals surface area contributed by atoms with Gasteiger partial charge in [0.05, 0.1) is 27.0 Å². The Hall–Kier alpha value is -3.02. The van der Waals surface area contributed by atoms with Crippen molar-refractivity contribution in [3.8, 4) is 17.2 Å². The first-order valence-electron chi connectivity index (χ1n) is 6.87. The van der Waals surface area contributed by atoms with E-state index in [-0.39, 0.29) is 5.71 Å². The molecule has 0 bridgehead atoms. The summed E-state index contributed by atoms with van der Waals surface area (Å²) in [6.07, 6.45) is 0. The van der Waals surface area contributed by atoms with Gasteiger partial charge in [0.1, 0.15) is 23.0 Å². The fraction of sp³-hybridized carbons (Fsp3) is 0.176. The summed E-state index contributed by atoms with van der Waals surface area (Å²) in [5.74, 6) is 7.42. The molecule has 6 heteroatoms. The first kappa shape index (κ1) is 16.4. The number of methoxy groups -OCH3 is 3. The maximum absolute atomic E-state index is 8.41. The Morgan fingerprint density at radius 2 is 1.35 bits per heavy atom. The molecule has 0 spiro atoms. The van der Waals surface area contributed by atoms with Crippen molar-refractivity contribution in [2.45, 2.75) is 0 Å². The molecule has 3 N–H and O–H groups in total. The highest BCUT2D eigenvalue weighted by Crippen LogP contribution is 2.24. The molecular weight excluding hydrogens is 294 g/mol. The SMILES string of the molecule is COc1ccc(/C(=N/N)C(=N)c2cc(OC)cc(OC)c2)cc1. The molecule has 0 saturated carbocycles. The number of rotatable bonds is 6. The first-order chi connectivity index (χ1) is 11.1. The van der Waals surface area contributed by atoms with Gasteiger partial charge in [0.2, 0.25) is 0 Å². The number of hydrazone groups is 1. The highest BCUT2D eigenvalue weighted by molar-refractivity contribution is 6.52. The van der Waals surface area contributed by atoms with Crippen molar-refractivity contribution in [3.63, 3.8) is 0 Å². The Bertz CT molecular complexity index is 702. The molecule has 6 nitrogen and oxygen atoms in total. The Morgan fingerprint density at radius 3 is 1.78 bits per heavy atom. The predicted octanol–water partition coefficient (Wildman–Crippen LogP) is 2.44. The molecule has 23 heavy (non-hydrogen) atoms. The third-order valence-corrected chi connectivity index (χ3v) is 3.37. The van der Waals surface area contributed by atoms with Gasteiger partial charge in [-0.05, 0) is 36.4 Å². The van der Waals surface area contributed by atoms with Crippen LogP contribution in [0.1, 0.15) is 11.1 Å². The van der Waals surface area contributed by atoms with Crippen molar-refractivity contribution in [1.29, 1.82) is 5.41 Å². The number of nitrogens with zero attached hydrogens (tertiary/aromatic N) is 1. The minimum atomic E-state index is 0.176. The first-order valence-corrected chi connectivity index (χ1v) is 6.87. The molecule has 0 radical (unpaired) electrons. The molecule has 0 atom stereocenters. The molecular formula is C17H19N3O3. The van der Waals surface area contributed by atoms with Crippen LogP contribution in [-0.4, -0.2) is 32.8 Å². The molecule has 0 fully saturated rings. The Morgan fingerprint density at radius 1 is 0.826 bits per heavy atom. The maximum atomic E-state index is 8.41. The smallest absolute Gasteiger partial charge is 0.123 e. The van der Waals surface area contributed by atoms with E-state index in [1.807, 2.05) is 0 Å². The average molecular weight is 313 g/mol. The van der Waals surface area contributed by atoms with Crippen LogP contribution in [0.5, 0.6) is 17.2 Å². The lowest BCUT2D eigenvalue weighted by molar-refractivity contribution is 0.394. The molecule has 0 saturated heterocycles. The Kier molecular flexibility index (Phi) is 5.19. The van der Waals surface area contributed by atoms with Crippen molar-refractivity contribution < 1.29 is 14.2 Å². The molecule has 120 valence electrons. The van der Waals surface area contributed by atoms with Crippen LogP contribution < -0.4 is 20.1 Å². The largest absolute Gasteiger partial charge is 0.497 e. The van der Waals surface area contributed by atoms with E-state index in [0.717, 1.165) is 11.3 Å². The van der Waals surface area contributed by atoms with Crippen molar-refractivity contribution in [2.24, 2.45) is 10.9 Å². The standard InChI is InChI=1S/C17H19N3O3/c1-21-13-6-4-11(5-7-13)17(20-19)16(18)12-8-14(22-2)10-15(9-12)23-3/h4-10,18H,19H2,1-3H3/b18-16?,20-17-. The average Bonchev–Trinajstić information content (AvgIpc) is 2.62. The summed E-state index contributed by atoms with van der Waals surface area (Å²) in [6, 6.07) is 12.4. The monoisotopic (exact) mass is 313 g/mol. The molecule has 0 aromatic heterocycles. The molecule has 0 unspecified atom stereocenters. The number of nitrogens with two attached hydrogens (primary N) is 1. The zero-order valence-electron chi connectivity index (χ0n) is 13.3. The van der Waals surface area contributed by atoms with Crippen LogP contribution in [0.25, 0.3) is 0 Å². The molecule has 0 amide bonds. The van der Waals surface area contributed by atoms with Gasteiger partial charge in [0.25, 0.3) is 0 Å². The van der Waals surface area contributed by atoms with Gasteiger partial charge in [-0.25, -0.2) is 0 Å². The van der Waals surface area contributed by atoms with Gasteiger partial charge in [-0.3, -0.25) is 5.41 Å². The number of hydrogen-bond donors (Lipinski definition) is 2. The summed E-state index contributed by atoms with van der Waals surface area (Å²) in [5.41, 5.74) is 1.86. The van der Waals surface area contributed by atoms with Crippen molar-refractivity contribution >= 4 is 11.4 Å². The number of ether oxygens (including phenoxy) is 3.